The van der Waals surface area contributed by atoms with Crippen molar-refractivity contribution in [2.24, 2.45) is 5.92 Å². The largest absolute Gasteiger partial charge is 0.352 e. The molecule has 2 rings (SSSR count). The highest BCUT2D eigenvalue weighted by molar-refractivity contribution is 6.09. The zero-order valence-corrected chi connectivity index (χ0v) is 19.5. The zero-order chi connectivity index (χ0) is 22.7. The van der Waals surface area contributed by atoms with Gasteiger partial charge >= 0.3 is 6.03 Å². The standard InChI is InChI=1S/C24H37N3O3/c1-16(2)9-8-10-17(3)25-20(28)15-27-21(29)24(7,26-22(27)30)19-13-11-18(12-14-19)23(4,5)6/h11-14,16-17H,8-10,15H2,1-7H3,(H,25,28)(H,26,30). The molecular formula is C24H37N3O3. The SMILES string of the molecule is CC(C)CCCC(C)NC(=O)CN1C(=O)NC(C)(c2ccc(C(C)(C)C)cc2)C1=O. The van der Waals surface area contributed by atoms with Crippen molar-refractivity contribution >= 4 is 17.8 Å². The van der Waals surface area contributed by atoms with E-state index in [1.807, 2.05) is 31.2 Å². The molecule has 0 aliphatic carbocycles. The molecule has 6 nitrogen and oxygen atoms in total. The van der Waals surface area contributed by atoms with Crippen LogP contribution < -0.4 is 10.6 Å². The minimum Gasteiger partial charge on any atom is -0.352 e. The number of nitrogens with zero attached hydrogens (tertiary/aromatic N) is 1. The second-order valence-electron chi connectivity index (χ2n) is 10.1. The van der Waals surface area contributed by atoms with E-state index in [1.54, 1.807) is 6.92 Å². The number of urea groups is 1. The van der Waals surface area contributed by atoms with Crippen molar-refractivity contribution in [3.8, 4) is 0 Å². The molecule has 0 bridgehead atoms. The number of hydrogen-bond acceptors (Lipinski definition) is 3. The third kappa shape index (κ3) is 5.61. The van der Waals surface area contributed by atoms with Gasteiger partial charge in [0.1, 0.15) is 12.1 Å². The van der Waals surface area contributed by atoms with Gasteiger partial charge in [-0.25, -0.2) is 4.79 Å². The second kappa shape index (κ2) is 9.19. The van der Waals surface area contributed by atoms with E-state index >= 15 is 0 Å². The minimum atomic E-state index is -1.17. The summed E-state index contributed by atoms with van der Waals surface area (Å²) in [5.41, 5.74) is 0.683. The maximum Gasteiger partial charge on any atom is 0.325 e. The number of imide groups is 1. The van der Waals surface area contributed by atoms with Crippen LogP contribution in [0.5, 0.6) is 0 Å². The third-order valence-corrected chi connectivity index (χ3v) is 5.73. The van der Waals surface area contributed by atoms with E-state index < -0.39 is 17.5 Å². The Morgan fingerprint density at radius 2 is 1.70 bits per heavy atom. The molecule has 1 aliphatic rings. The summed E-state index contributed by atoms with van der Waals surface area (Å²) in [6.07, 6.45) is 3.02. The fourth-order valence-corrected chi connectivity index (χ4v) is 3.71. The Kier molecular flexibility index (Phi) is 7.32. The number of carbonyl (C=O) groups excluding carboxylic acids is 3. The normalized spacial score (nSPS) is 20.5. The lowest BCUT2D eigenvalue weighted by atomic mass is 9.84. The van der Waals surface area contributed by atoms with Crippen LogP contribution in [0, 0.1) is 5.92 Å². The van der Waals surface area contributed by atoms with Gasteiger partial charge in [-0.15, -0.1) is 0 Å². The summed E-state index contributed by atoms with van der Waals surface area (Å²) in [5.74, 6) is -0.0875. The highest BCUT2D eigenvalue weighted by Gasteiger charge is 2.49. The first-order valence-corrected chi connectivity index (χ1v) is 10.9. The fourth-order valence-electron chi connectivity index (χ4n) is 3.71. The van der Waals surface area contributed by atoms with E-state index in [1.165, 1.54) is 0 Å². The summed E-state index contributed by atoms with van der Waals surface area (Å²) in [4.78, 5) is 39.0. The average Bonchev–Trinajstić information content (AvgIpc) is 2.85. The van der Waals surface area contributed by atoms with Gasteiger partial charge in [0.25, 0.3) is 5.91 Å². The molecule has 0 radical (unpaired) electrons. The number of nitrogens with one attached hydrogen (secondary N) is 2. The molecule has 1 aliphatic heterocycles. The van der Waals surface area contributed by atoms with E-state index in [0.717, 1.165) is 29.7 Å². The van der Waals surface area contributed by atoms with Crippen molar-refractivity contribution in [1.82, 2.24) is 15.5 Å². The van der Waals surface area contributed by atoms with E-state index in [0.29, 0.717) is 11.5 Å². The van der Waals surface area contributed by atoms with Gasteiger partial charge in [-0.3, -0.25) is 14.5 Å². The summed E-state index contributed by atoms with van der Waals surface area (Å²) in [5, 5.41) is 5.67. The smallest absolute Gasteiger partial charge is 0.325 e. The molecule has 1 saturated heterocycles. The van der Waals surface area contributed by atoms with Crippen LogP contribution in [0.15, 0.2) is 24.3 Å². The second-order valence-corrected chi connectivity index (χ2v) is 10.1. The van der Waals surface area contributed by atoms with Gasteiger partial charge in [-0.05, 0) is 42.7 Å². The minimum absolute atomic E-state index is 0.00163. The summed E-state index contributed by atoms with van der Waals surface area (Å²) in [6.45, 7) is 14.1. The molecule has 0 spiro atoms. The first-order chi connectivity index (χ1) is 13.8. The van der Waals surface area contributed by atoms with Gasteiger partial charge in [0.05, 0.1) is 0 Å². The molecule has 1 aromatic rings. The molecule has 0 saturated carbocycles. The van der Waals surface area contributed by atoms with Crippen LogP contribution in [0.25, 0.3) is 0 Å². The lowest BCUT2D eigenvalue weighted by molar-refractivity contribution is -0.135. The molecule has 4 amide bonds. The Labute approximate surface area is 180 Å². The highest BCUT2D eigenvalue weighted by atomic mass is 16.2. The van der Waals surface area contributed by atoms with E-state index in [2.05, 4.69) is 45.3 Å². The Morgan fingerprint density at radius 3 is 2.23 bits per heavy atom. The Morgan fingerprint density at radius 1 is 1.10 bits per heavy atom. The molecule has 2 atom stereocenters. The number of hydrogen-bond donors (Lipinski definition) is 2. The number of rotatable bonds is 8. The van der Waals surface area contributed by atoms with E-state index in [9.17, 15) is 14.4 Å². The Hall–Kier alpha value is -2.37. The number of carbonyl (C=O) groups is 3. The van der Waals surface area contributed by atoms with Crippen LogP contribution in [-0.4, -0.2) is 35.3 Å². The van der Waals surface area contributed by atoms with Crippen molar-refractivity contribution in [3.63, 3.8) is 0 Å². The lowest BCUT2D eigenvalue weighted by Crippen LogP contribution is -2.45. The summed E-state index contributed by atoms with van der Waals surface area (Å²) in [7, 11) is 0. The molecule has 2 N–H and O–H groups in total. The van der Waals surface area contributed by atoms with Crippen molar-refractivity contribution in [3.05, 3.63) is 35.4 Å². The third-order valence-electron chi connectivity index (χ3n) is 5.73. The van der Waals surface area contributed by atoms with Crippen LogP contribution in [0.2, 0.25) is 0 Å². The van der Waals surface area contributed by atoms with Crippen molar-refractivity contribution in [2.45, 2.75) is 84.7 Å². The Balaban J connectivity index is 2.02. The quantitative estimate of drug-likeness (QED) is 0.628. The topological polar surface area (TPSA) is 78.5 Å². The molecule has 30 heavy (non-hydrogen) atoms. The van der Waals surface area contributed by atoms with Gasteiger partial charge in [0.2, 0.25) is 5.91 Å². The molecule has 6 heteroatoms. The van der Waals surface area contributed by atoms with Crippen LogP contribution >= 0.6 is 0 Å². The molecule has 0 aromatic heterocycles. The van der Waals surface area contributed by atoms with Crippen LogP contribution in [0.4, 0.5) is 4.79 Å². The van der Waals surface area contributed by atoms with E-state index in [-0.39, 0.29) is 23.9 Å². The summed E-state index contributed by atoms with van der Waals surface area (Å²) < 4.78 is 0. The van der Waals surface area contributed by atoms with Crippen molar-refractivity contribution in [2.75, 3.05) is 6.54 Å². The van der Waals surface area contributed by atoms with Crippen LogP contribution in [0.3, 0.4) is 0 Å². The van der Waals surface area contributed by atoms with Crippen LogP contribution in [-0.2, 0) is 20.5 Å². The maximum atomic E-state index is 13.1. The number of amides is 4. The summed E-state index contributed by atoms with van der Waals surface area (Å²) >= 11 is 0. The molecule has 1 fully saturated rings. The van der Waals surface area contributed by atoms with Crippen molar-refractivity contribution in [1.29, 1.82) is 0 Å². The van der Waals surface area contributed by atoms with Crippen molar-refractivity contribution < 1.29 is 14.4 Å². The maximum absolute atomic E-state index is 13.1. The lowest BCUT2D eigenvalue weighted by Gasteiger charge is -2.24. The zero-order valence-electron chi connectivity index (χ0n) is 19.5. The predicted molar refractivity (Wildman–Crippen MR) is 119 cm³/mol. The molecule has 166 valence electrons. The van der Waals surface area contributed by atoms with Gasteiger partial charge in [-0.2, -0.15) is 0 Å². The number of benzene rings is 1. The first-order valence-electron chi connectivity index (χ1n) is 10.9. The van der Waals surface area contributed by atoms with Gasteiger partial charge in [-0.1, -0.05) is 71.7 Å². The van der Waals surface area contributed by atoms with Gasteiger partial charge < -0.3 is 10.6 Å². The Bertz CT molecular complexity index is 780. The highest BCUT2D eigenvalue weighted by Crippen LogP contribution is 2.31. The first kappa shape index (κ1) is 23.9. The van der Waals surface area contributed by atoms with Crippen LogP contribution in [0.1, 0.15) is 78.9 Å². The predicted octanol–water partition coefficient (Wildman–Crippen LogP) is 4.08. The molecular weight excluding hydrogens is 378 g/mol. The summed E-state index contributed by atoms with van der Waals surface area (Å²) in [6, 6.07) is 7.18. The van der Waals surface area contributed by atoms with E-state index in [4.69, 9.17) is 0 Å². The molecule has 2 unspecified atom stereocenters. The average molecular weight is 416 g/mol. The molecule has 1 aromatic carbocycles. The monoisotopic (exact) mass is 415 g/mol. The van der Waals surface area contributed by atoms with Gasteiger partial charge in [0, 0.05) is 6.04 Å². The van der Waals surface area contributed by atoms with Gasteiger partial charge in [0.15, 0.2) is 0 Å². The molecule has 1 heterocycles. The fraction of sp³-hybridized carbons (Fsp3) is 0.625.